The van der Waals surface area contributed by atoms with Crippen molar-refractivity contribution >= 4 is 17.4 Å². The minimum Gasteiger partial charge on any atom is -0.491 e. The summed E-state index contributed by atoms with van der Waals surface area (Å²) in [4.78, 5) is 1.27. The molecule has 0 amide bonds. The highest BCUT2D eigenvalue weighted by molar-refractivity contribution is 7.99. The van der Waals surface area contributed by atoms with Crippen LogP contribution in [0.2, 0.25) is 0 Å². The van der Waals surface area contributed by atoms with Crippen molar-refractivity contribution in [1.29, 1.82) is 0 Å². The highest BCUT2D eigenvalue weighted by Gasteiger charge is 1.98. The molecule has 2 aromatic carbocycles. The largest absolute Gasteiger partial charge is 0.491 e. The smallest absolute Gasteiger partial charge is 0.142 e. The maximum Gasteiger partial charge on any atom is 0.142 e. The average molecular weight is 259 g/mol. The van der Waals surface area contributed by atoms with Crippen LogP contribution in [0.4, 0.5) is 5.69 Å². The van der Waals surface area contributed by atoms with Crippen LogP contribution in [0.1, 0.15) is 5.56 Å². The molecule has 0 aliphatic rings. The number of nitrogens with two attached hydrogens (primary N) is 1. The molecule has 0 aliphatic heterocycles. The van der Waals surface area contributed by atoms with Crippen molar-refractivity contribution in [3.63, 3.8) is 0 Å². The molecule has 0 saturated carbocycles. The van der Waals surface area contributed by atoms with Crippen molar-refractivity contribution in [3.05, 3.63) is 54.1 Å². The number of rotatable bonds is 5. The first-order valence-electron chi connectivity index (χ1n) is 5.92. The van der Waals surface area contributed by atoms with Crippen LogP contribution in [0.25, 0.3) is 0 Å². The first-order valence-corrected chi connectivity index (χ1v) is 6.91. The Hall–Kier alpha value is -1.61. The van der Waals surface area contributed by atoms with E-state index in [-0.39, 0.29) is 0 Å². The molecule has 2 N–H and O–H groups in total. The van der Waals surface area contributed by atoms with E-state index in [0.29, 0.717) is 12.3 Å². The standard InChI is InChI=1S/C15H17NOS/c1-12-6-8-13(9-7-12)18-11-10-17-15-5-3-2-4-14(15)16/h2-9H,10-11,16H2,1H3. The predicted molar refractivity (Wildman–Crippen MR) is 78.3 cm³/mol. The summed E-state index contributed by atoms with van der Waals surface area (Å²) in [5, 5.41) is 0. The van der Waals surface area contributed by atoms with Crippen molar-refractivity contribution in [2.45, 2.75) is 11.8 Å². The van der Waals surface area contributed by atoms with Crippen LogP contribution in [-0.4, -0.2) is 12.4 Å². The average Bonchev–Trinajstić information content (AvgIpc) is 2.39. The lowest BCUT2D eigenvalue weighted by Gasteiger charge is -2.08. The van der Waals surface area contributed by atoms with Crippen molar-refractivity contribution in [2.75, 3.05) is 18.1 Å². The van der Waals surface area contributed by atoms with Gasteiger partial charge in [-0.3, -0.25) is 0 Å². The molecular formula is C15H17NOS. The first kappa shape index (κ1) is 12.8. The topological polar surface area (TPSA) is 35.2 Å². The maximum atomic E-state index is 5.80. The number of aryl methyl sites for hydroxylation is 1. The van der Waals surface area contributed by atoms with Gasteiger partial charge in [0.2, 0.25) is 0 Å². The van der Waals surface area contributed by atoms with E-state index in [1.165, 1.54) is 10.5 Å². The Balaban J connectivity index is 1.76. The summed E-state index contributed by atoms with van der Waals surface area (Å²) in [5.41, 5.74) is 7.78. The molecule has 0 fully saturated rings. The third-order valence-corrected chi connectivity index (χ3v) is 3.53. The van der Waals surface area contributed by atoms with Gasteiger partial charge in [-0.05, 0) is 31.2 Å². The van der Waals surface area contributed by atoms with Crippen LogP contribution in [0, 0.1) is 6.92 Å². The van der Waals surface area contributed by atoms with Gasteiger partial charge in [-0.25, -0.2) is 0 Å². The summed E-state index contributed by atoms with van der Waals surface area (Å²) < 4.78 is 5.64. The minimum absolute atomic E-state index is 0.659. The van der Waals surface area contributed by atoms with Crippen LogP contribution in [0.5, 0.6) is 5.75 Å². The highest BCUT2D eigenvalue weighted by atomic mass is 32.2. The van der Waals surface area contributed by atoms with E-state index in [1.807, 2.05) is 24.3 Å². The van der Waals surface area contributed by atoms with Crippen molar-refractivity contribution in [1.82, 2.24) is 0 Å². The van der Waals surface area contributed by atoms with E-state index < -0.39 is 0 Å². The number of hydrogen-bond acceptors (Lipinski definition) is 3. The zero-order valence-corrected chi connectivity index (χ0v) is 11.2. The lowest BCUT2D eigenvalue weighted by Crippen LogP contribution is -2.02. The monoisotopic (exact) mass is 259 g/mol. The Kier molecular flexibility index (Phi) is 4.53. The second-order valence-corrected chi connectivity index (χ2v) is 5.22. The van der Waals surface area contributed by atoms with Gasteiger partial charge in [0.1, 0.15) is 5.75 Å². The minimum atomic E-state index is 0.659. The number of para-hydroxylation sites is 2. The van der Waals surface area contributed by atoms with Crippen LogP contribution in [-0.2, 0) is 0 Å². The molecular weight excluding hydrogens is 242 g/mol. The Morgan fingerprint density at radius 3 is 2.50 bits per heavy atom. The molecule has 18 heavy (non-hydrogen) atoms. The summed E-state index contributed by atoms with van der Waals surface area (Å²) in [7, 11) is 0. The number of hydrogen-bond donors (Lipinski definition) is 1. The van der Waals surface area contributed by atoms with Gasteiger partial charge in [0.15, 0.2) is 0 Å². The third-order valence-electron chi connectivity index (χ3n) is 2.55. The van der Waals surface area contributed by atoms with Gasteiger partial charge >= 0.3 is 0 Å². The summed E-state index contributed by atoms with van der Waals surface area (Å²) in [6.45, 7) is 2.75. The molecule has 2 rings (SSSR count). The van der Waals surface area contributed by atoms with E-state index in [4.69, 9.17) is 10.5 Å². The summed E-state index contributed by atoms with van der Waals surface area (Å²) in [6.07, 6.45) is 0. The molecule has 94 valence electrons. The van der Waals surface area contributed by atoms with E-state index in [9.17, 15) is 0 Å². The Morgan fingerprint density at radius 2 is 1.78 bits per heavy atom. The summed E-state index contributed by atoms with van der Waals surface area (Å²) >= 11 is 1.79. The van der Waals surface area contributed by atoms with Gasteiger partial charge in [-0.1, -0.05) is 29.8 Å². The molecule has 0 bridgehead atoms. The fourth-order valence-electron chi connectivity index (χ4n) is 1.56. The molecule has 0 atom stereocenters. The molecule has 0 heterocycles. The maximum absolute atomic E-state index is 5.80. The van der Waals surface area contributed by atoms with Gasteiger partial charge in [-0.15, -0.1) is 11.8 Å². The van der Waals surface area contributed by atoms with E-state index in [1.54, 1.807) is 11.8 Å². The van der Waals surface area contributed by atoms with Crippen molar-refractivity contribution in [3.8, 4) is 5.75 Å². The van der Waals surface area contributed by atoms with Crippen LogP contribution < -0.4 is 10.5 Å². The fourth-order valence-corrected chi connectivity index (χ4v) is 2.29. The number of benzene rings is 2. The summed E-state index contributed by atoms with van der Waals surface area (Å²) in [6, 6.07) is 16.1. The normalized spacial score (nSPS) is 10.3. The Bertz CT molecular complexity index is 496. The van der Waals surface area contributed by atoms with E-state index >= 15 is 0 Å². The van der Waals surface area contributed by atoms with Crippen LogP contribution >= 0.6 is 11.8 Å². The van der Waals surface area contributed by atoms with Crippen molar-refractivity contribution < 1.29 is 4.74 Å². The zero-order valence-electron chi connectivity index (χ0n) is 10.4. The fraction of sp³-hybridized carbons (Fsp3) is 0.200. The second-order valence-electron chi connectivity index (χ2n) is 4.05. The molecule has 0 radical (unpaired) electrons. The Morgan fingerprint density at radius 1 is 1.06 bits per heavy atom. The quantitative estimate of drug-likeness (QED) is 0.504. The molecule has 0 saturated heterocycles. The number of thioether (sulfide) groups is 1. The van der Waals surface area contributed by atoms with Crippen LogP contribution in [0.3, 0.4) is 0 Å². The Labute approximate surface area is 112 Å². The first-order chi connectivity index (χ1) is 8.75. The molecule has 0 aliphatic carbocycles. The zero-order chi connectivity index (χ0) is 12.8. The van der Waals surface area contributed by atoms with E-state index in [0.717, 1.165) is 11.5 Å². The number of nitrogen functional groups attached to an aromatic ring is 1. The molecule has 2 aromatic rings. The lowest BCUT2D eigenvalue weighted by molar-refractivity contribution is 0.346. The van der Waals surface area contributed by atoms with E-state index in [2.05, 4.69) is 31.2 Å². The van der Waals surface area contributed by atoms with Gasteiger partial charge in [0.25, 0.3) is 0 Å². The molecule has 0 aromatic heterocycles. The lowest BCUT2D eigenvalue weighted by atomic mass is 10.2. The molecule has 0 spiro atoms. The molecule has 0 unspecified atom stereocenters. The number of anilines is 1. The van der Waals surface area contributed by atoms with Gasteiger partial charge in [0.05, 0.1) is 12.3 Å². The third kappa shape index (κ3) is 3.70. The number of ether oxygens (including phenoxy) is 1. The van der Waals surface area contributed by atoms with Gasteiger partial charge in [-0.2, -0.15) is 0 Å². The SMILES string of the molecule is Cc1ccc(SCCOc2ccccc2N)cc1. The molecule has 2 nitrogen and oxygen atoms in total. The second kappa shape index (κ2) is 6.36. The predicted octanol–water partition coefficient (Wildman–Crippen LogP) is 3.75. The highest BCUT2D eigenvalue weighted by Crippen LogP contribution is 2.21. The van der Waals surface area contributed by atoms with Crippen LogP contribution in [0.15, 0.2) is 53.4 Å². The van der Waals surface area contributed by atoms with Crippen molar-refractivity contribution in [2.24, 2.45) is 0 Å². The van der Waals surface area contributed by atoms with Gasteiger partial charge < -0.3 is 10.5 Å². The summed E-state index contributed by atoms with van der Waals surface area (Å²) in [5.74, 6) is 1.68. The molecule has 3 heteroatoms. The van der Waals surface area contributed by atoms with Gasteiger partial charge in [0, 0.05) is 10.6 Å².